The Balaban J connectivity index is 2.42. The van der Waals surface area contributed by atoms with E-state index in [2.05, 4.69) is 62.3 Å². The second kappa shape index (κ2) is 6.39. The van der Waals surface area contributed by atoms with Gasteiger partial charge in [-0.25, -0.2) is 0 Å². The van der Waals surface area contributed by atoms with Crippen LogP contribution in [0.5, 0.6) is 5.75 Å². The topological polar surface area (TPSA) is 21.3 Å². The normalized spacial score (nSPS) is 12.5. The molecule has 1 heterocycles. The van der Waals surface area contributed by atoms with Crippen molar-refractivity contribution in [2.75, 3.05) is 14.2 Å². The predicted octanol–water partition coefficient (Wildman–Crippen LogP) is 4.90. The SMILES string of the molecule is CNC(c1cc(Br)c(Br)s1)c1ccc(OC)cc1C. The van der Waals surface area contributed by atoms with Gasteiger partial charge in [0.2, 0.25) is 0 Å². The van der Waals surface area contributed by atoms with Gasteiger partial charge < -0.3 is 10.1 Å². The third-order valence-corrected chi connectivity index (χ3v) is 6.35. The molecule has 2 rings (SSSR count). The number of benzene rings is 1. The summed E-state index contributed by atoms with van der Waals surface area (Å²) in [5, 5.41) is 3.38. The third kappa shape index (κ3) is 3.21. The van der Waals surface area contributed by atoms with Crippen LogP contribution in [-0.4, -0.2) is 14.2 Å². The second-order valence-electron chi connectivity index (χ2n) is 4.21. The molecule has 1 N–H and O–H groups in total. The fourth-order valence-corrected chi connectivity index (χ4v) is 4.27. The van der Waals surface area contributed by atoms with Crippen LogP contribution in [0.1, 0.15) is 22.0 Å². The molecule has 0 saturated heterocycles. The highest BCUT2D eigenvalue weighted by Gasteiger charge is 2.18. The molecular weight excluding hydrogens is 390 g/mol. The van der Waals surface area contributed by atoms with Crippen molar-refractivity contribution >= 4 is 43.2 Å². The average molecular weight is 405 g/mol. The molecule has 2 nitrogen and oxygen atoms in total. The Morgan fingerprint density at radius 2 is 2.00 bits per heavy atom. The predicted molar refractivity (Wildman–Crippen MR) is 88.4 cm³/mol. The summed E-state index contributed by atoms with van der Waals surface area (Å²) in [6.45, 7) is 2.11. The number of aryl methyl sites for hydroxylation is 1. The summed E-state index contributed by atoms with van der Waals surface area (Å²) in [7, 11) is 3.67. The molecule has 0 aliphatic carbocycles. The number of hydrogen-bond donors (Lipinski definition) is 1. The molecule has 0 radical (unpaired) electrons. The first-order valence-corrected chi connectivity index (χ1v) is 8.23. The first kappa shape index (κ1) is 15.0. The van der Waals surface area contributed by atoms with E-state index in [1.807, 2.05) is 13.1 Å². The molecule has 5 heteroatoms. The highest BCUT2D eigenvalue weighted by atomic mass is 79.9. The number of hydrogen-bond acceptors (Lipinski definition) is 3. The quantitative estimate of drug-likeness (QED) is 0.782. The van der Waals surface area contributed by atoms with E-state index in [4.69, 9.17) is 4.74 Å². The Bertz CT molecular complexity index is 563. The Labute approximate surface area is 134 Å². The minimum atomic E-state index is 0.193. The maximum Gasteiger partial charge on any atom is 0.119 e. The first-order chi connectivity index (χ1) is 9.06. The first-order valence-electron chi connectivity index (χ1n) is 5.83. The van der Waals surface area contributed by atoms with Gasteiger partial charge in [0, 0.05) is 9.35 Å². The molecule has 0 fully saturated rings. The fraction of sp³-hybridized carbons (Fsp3) is 0.286. The minimum Gasteiger partial charge on any atom is -0.497 e. The van der Waals surface area contributed by atoms with Crippen LogP contribution < -0.4 is 10.1 Å². The lowest BCUT2D eigenvalue weighted by molar-refractivity contribution is 0.414. The molecule has 0 bridgehead atoms. The number of halogens is 2. The molecule has 0 spiro atoms. The lowest BCUT2D eigenvalue weighted by Gasteiger charge is -2.18. The Morgan fingerprint density at radius 3 is 2.47 bits per heavy atom. The van der Waals surface area contributed by atoms with Crippen LogP contribution in [0, 0.1) is 6.92 Å². The molecule has 1 aromatic heterocycles. The van der Waals surface area contributed by atoms with Crippen LogP contribution in [-0.2, 0) is 0 Å². The maximum atomic E-state index is 5.26. The monoisotopic (exact) mass is 403 g/mol. The third-order valence-electron chi connectivity index (χ3n) is 3.03. The van der Waals surface area contributed by atoms with Gasteiger partial charge in [-0.15, -0.1) is 11.3 Å². The molecule has 0 saturated carbocycles. The molecule has 0 aliphatic rings. The molecule has 2 aromatic rings. The number of rotatable bonds is 4. The summed E-state index contributed by atoms with van der Waals surface area (Å²) in [6.07, 6.45) is 0. The van der Waals surface area contributed by atoms with Crippen molar-refractivity contribution in [3.8, 4) is 5.75 Å². The van der Waals surface area contributed by atoms with Gasteiger partial charge in [-0.3, -0.25) is 0 Å². The van der Waals surface area contributed by atoms with E-state index >= 15 is 0 Å². The van der Waals surface area contributed by atoms with Crippen molar-refractivity contribution in [3.05, 3.63) is 48.5 Å². The zero-order chi connectivity index (χ0) is 14.0. The largest absolute Gasteiger partial charge is 0.497 e. The number of methoxy groups -OCH3 is 1. The molecule has 1 atom stereocenters. The van der Waals surface area contributed by atoms with Crippen LogP contribution in [0.15, 0.2) is 32.5 Å². The maximum absolute atomic E-state index is 5.26. The molecule has 0 aliphatic heterocycles. The highest BCUT2D eigenvalue weighted by molar-refractivity contribution is 9.13. The van der Waals surface area contributed by atoms with Crippen molar-refractivity contribution in [1.29, 1.82) is 0 Å². The summed E-state index contributed by atoms with van der Waals surface area (Å²) >= 11 is 8.83. The lowest BCUT2D eigenvalue weighted by atomic mass is 10.00. The standard InChI is InChI=1S/C14H15Br2NOS/c1-8-6-9(18-3)4-5-10(8)13(17-2)12-7-11(15)14(16)19-12/h4-7,13,17H,1-3H3. The fourth-order valence-electron chi connectivity index (χ4n) is 2.06. The van der Waals surface area contributed by atoms with Crippen molar-refractivity contribution in [3.63, 3.8) is 0 Å². The van der Waals surface area contributed by atoms with E-state index in [0.29, 0.717) is 0 Å². The lowest BCUT2D eigenvalue weighted by Crippen LogP contribution is -2.17. The molecular formula is C14H15Br2NOS. The van der Waals surface area contributed by atoms with E-state index in [1.54, 1.807) is 18.4 Å². The van der Waals surface area contributed by atoms with Gasteiger partial charge in [0.1, 0.15) is 5.75 Å². The van der Waals surface area contributed by atoms with Crippen molar-refractivity contribution < 1.29 is 4.74 Å². The van der Waals surface area contributed by atoms with E-state index in [1.165, 1.54) is 16.0 Å². The zero-order valence-electron chi connectivity index (χ0n) is 11.0. The minimum absolute atomic E-state index is 0.193. The molecule has 1 aromatic carbocycles. The summed E-state index contributed by atoms with van der Waals surface area (Å²) < 4.78 is 7.48. The van der Waals surface area contributed by atoms with Crippen molar-refractivity contribution in [2.45, 2.75) is 13.0 Å². The average Bonchev–Trinajstić information content (AvgIpc) is 2.72. The van der Waals surface area contributed by atoms with Crippen LogP contribution in [0.3, 0.4) is 0 Å². The number of ether oxygens (including phenoxy) is 1. The van der Waals surface area contributed by atoms with Crippen LogP contribution in [0.2, 0.25) is 0 Å². The van der Waals surface area contributed by atoms with Gasteiger partial charge in [-0.2, -0.15) is 0 Å². The van der Waals surface area contributed by atoms with Gasteiger partial charge in [-0.1, -0.05) is 6.07 Å². The molecule has 19 heavy (non-hydrogen) atoms. The van der Waals surface area contributed by atoms with E-state index < -0.39 is 0 Å². The Morgan fingerprint density at radius 1 is 1.26 bits per heavy atom. The van der Waals surface area contributed by atoms with Gasteiger partial charge >= 0.3 is 0 Å². The molecule has 102 valence electrons. The summed E-state index contributed by atoms with van der Waals surface area (Å²) in [4.78, 5) is 1.27. The van der Waals surface area contributed by atoms with Crippen LogP contribution in [0.4, 0.5) is 0 Å². The van der Waals surface area contributed by atoms with E-state index in [9.17, 15) is 0 Å². The van der Waals surface area contributed by atoms with Gasteiger partial charge in [0.05, 0.1) is 16.9 Å². The van der Waals surface area contributed by atoms with E-state index in [0.717, 1.165) is 14.0 Å². The van der Waals surface area contributed by atoms with E-state index in [-0.39, 0.29) is 6.04 Å². The number of nitrogens with one attached hydrogen (secondary N) is 1. The summed E-state index contributed by atoms with van der Waals surface area (Å²) in [6, 6.07) is 8.54. The summed E-state index contributed by atoms with van der Waals surface area (Å²) in [5.41, 5.74) is 2.49. The highest BCUT2D eigenvalue weighted by Crippen LogP contribution is 2.38. The van der Waals surface area contributed by atoms with Gasteiger partial charge in [-0.05, 0) is 75.2 Å². The number of thiophene rings is 1. The second-order valence-corrected chi connectivity index (χ2v) is 7.47. The Hall–Kier alpha value is -0.360. The zero-order valence-corrected chi connectivity index (χ0v) is 14.9. The van der Waals surface area contributed by atoms with Crippen molar-refractivity contribution in [2.24, 2.45) is 0 Å². The van der Waals surface area contributed by atoms with Crippen molar-refractivity contribution in [1.82, 2.24) is 5.32 Å². The van der Waals surface area contributed by atoms with Gasteiger partial charge in [0.25, 0.3) is 0 Å². The molecule has 0 amide bonds. The van der Waals surface area contributed by atoms with Crippen LogP contribution in [0.25, 0.3) is 0 Å². The smallest absolute Gasteiger partial charge is 0.119 e. The van der Waals surface area contributed by atoms with Crippen LogP contribution >= 0.6 is 43.2 Å². The molecule has 1 unspecified atom stereocenters. The summed E-state index contributed by atoms with van der Waals surface area (Å²) in [5.74, 6) is 0.893. The Kier molecular flexibility index (Phi) is 5.06. The van der Waals surface area contributed by atoms with Gasteiger partial charge in [0.15, 0.2) is 0 Å².